The van der Waals surface area contributed by atoms with Crippen molar-refractivity contribution in [2.75, 3.05) is 4.90 Å². The summed E-state index contributed by atoms with van der Waals surface area (Å²) in [6, 6.07) is 64.4. The van der Waals surface area contributed by atoms with E-state index >= 15 is 0 Å². The maximum absolute atomic E-state index is 2.48. The Kier molecular flexibility index (Phi) is 6.55. The zero-order valence-electron chi connectivity index (χ0n) is 27.2. The molecule has 8 aromatic rings. The molecular formula is C47H35N. The van der Waals surface area contributed by atoms with E-state index in [0.717, 1.165) is 11.4 Å². The highest BCUT2D eigenvalue weighted by atomic mass is 15.1. The number of fused-ring (bicyclic) bond motifs is 6. The molecule has 1 heteroatoms. The van der Waals surface area contributed by atoms with Crippen LogP contribution in [-0.2, 0) is 5.41 Å². The van der Waals surface area contributed by atoms with Crippen molar-refractivity contribution in [1.29, 1.82) is 0 Å². The lowest BCUT2D eigenvalue weighted by Crippen LogP contribution is -2.15. The third-order valence-corrected chi connectivity index (χ3v) is 10.2. The molecule has 0 spiro atoms. The van der Waals surface area contributed by atoms with Crippen molar-refractivity contribution in [3.8, 4) is 33.4 Å². The van der Waals surface area contributed by atoms with Gasteiger partial charge in [0.2, 0.25) is 0 Å². The van der Waals surface area contributed by atoms with E-state index in [9.17, 15) is 0 Å². The Morgan fingerprint density at radius 3 is 1.77 bits per heavy atom. The standard InChI is InChI=1S/C47H35N/c1-47(2)44-23-12-11-22-40(44)42-30-43-41(31-45(42)47)39-21-10-9-18-36(39)29-46(43)48(37-26-24-34(25-27-37)32-14-5-3-6-15-32)38-20-13-19-35(28-38)33-16-7-4-8-17-33/h3-31H,1-2H3. The number of hydrogen-bond donors (Lipinski definition) is 0. The molecular weight excluding hydrogens is 579 g/mol. The molecule has 9 rings (SSSR count). The zero-order chi connectivity index (χ0) is 32.2. The molecule has 1 aliphatic rings. The van der Waals surface area contributed by atoms with E-state index in [0.29, 0.717) is 0 Å². The Balaban J connectivity index is 1.33. The van der Waals surface area contributed by atoms with Gasteiger partial charge in [-0.25, -0.2) is 0 Å². The fraction of sp³-hybridized carbons (Fsp3) is 0.0638. The normalized spacial score (nSPS) is 13.0. The van der Waals surface area contributed by atoms with Gasteiger partial charge in [0.15, 0.2) is 0 Å². The minimum atomic E-state index is -0.0752. The maximum atomic E-state index is 2.48. The summed E-state index contributed by atoms with van der Waals surface area (Å²) in [5.74, 6) is 0. The Bertz CT molecular complexity index is 2460. The van der Waals surface area contributed by atoms with Crippen molar-refractivity contribution in [2.45, 2.75) is 19.3 Å². The van der Waals surface area contributed by atoms with E-state index in [1.165, 1.54) is 71.7 Å². The molecule has 0 unspecified atom stereocenters. The van der Waals surface area contributed by atoms with Gasteiger partial charge in [-0.15, -0.1) is 0 Å². The molecule has 0 radical (unpaired) electrons. The van der Waals surface area contributed by atoms with Gasteiger partial charge in [0.05, 0.1) is 5.69 Å². The van der Waals surface area contributed by atoms with Gasteiger partial charge in [0, 0.05) is 22.2 Å². The molecule has 48 heavy (non-hydrogen) atoms. The number of benzene rings is 8. The van der Waals surface area contributed by atoms with E-state index in [1.54, 1.807) is 0 Å². The third-order valence-electron chi connectivity index (χ3n) is 10.2. The van der Waals surface area contributed by atoms with E-state index < -0.39 is 0 Å². The number of rotatable bonds is 5. The zero-order valence-corrected chi connectivity index (χ0v) is 27.2. The molecule has 0 N–H and O–H groups in total. The third kappa shape index (κ3) is 4.54. The lowest BCUT2D eigenvalue weighted by Gasteiger charge is -2.29. The Labute approximate surface area is 282 Å². The van der Waals surface area contributed by atoms with Gasteiger partial charge in [-0.3, -0.25) is 0 Å². The second kappa shape index (κ2) is 11.1. The molecule has 0 amide bonds. The van der Waals surface area contributed by atoms with Gasteiger partial charge in [0.25, 0.3) is 0 Å². The first kappa shape index (κ1) is 28.3. The van der Waals surface area contributed by atoms with Crippen LogP contribution in [0, 0.1) is 0 Å². The van der Waals surface area contributed by atoms with Crippen LogP contribution in [-0.4, -0.2) is 0 Å². The smallest absolute Gasteiger partial charge is 0.0546 e. The summed E-state index contributed by atoms with van der Waals surface area (Å²) in [6.45, 7) is 4.73. The van der Waals surface area contributed by atoms with Gasteiger partial charge in [0.1, 0.15) is 0 Å². The molecule has 0 fully saturated rings. The fourth-order valence-corrected chi connectivity index (χ4v) is 7.78. The quantitative estimate of drug-likeness (QED) is 0.175. The maximum Gasteiger partial charge on any atom is 0.0546 e. The molecule has 1 aliphatic carbocycles. The minimum absolute atomic E-state index is 0.0752. The van der Waals surface area contributed by atoms with E-state index in [-0.39, 0.29) is 5.41 Å². The first-order chi connectivity index (χ1) is 23.6. The van der Waals surface area contributed by atoms with Crippen LogP contribution in [0.1, 0.15) is 25.0 Å². The SMILES string of the molecule is CC1(C)c2ccccc2-c2cc3c(N(c4ccc(-c5ccccc5)cc4)c4cccc(-c5ccccc5)c4)cc4ccccc4c3cc21. The largest absolute Gasteiger partial charge is 0.310 e. The molecule has 0 aromatic heterocycles. The van der Waals surface area contributed by atoms with Crippen molar-refractivity contribution >= 4 is 38.6 Å². The van der Waals surface area contributed by atoms with Crippen LogP contribution in [0.4, 0.5) is 17.1 Å². The van der Waals surface area contributed by atoms with Crippen molar-refractivity contribution in [3.05, 3.63) is 187 Å². The molecule has 1 nitrogen and oxygen atoms in total. The van der Waals surface area contributed by atoms with Crippen LogP contribution < -0.4 is 4.90 Å². The number of nitrogens with zero attached hydrogens (tertiary/aromatic N) is 1. The summed E-state index contributed by atoms with van der Waals surface area (Å²) in [4.78, 5) is 2.45. The highest BCUT2D eigenvalue weighted by Crippen LogP contribution is 2.52. The molecule has 0 aliphatic heterocycles. The van der Waals surface area contributed by atoms with Crippen molar-refractivity contribution in [2.24, 2.45) is 0 Å². The van der Waals surface area contributed by atoms with Gasteiger partial charge >= 0.3 is 0 Å². The first-order valence-corrected chi connectivity index (χ1v) is 16.8. The molecule has 0 saturated heterocycles. The van der Waals surface area contributed by atoms with Crippen molar-refractivity contribution in [3.63, 3.8) is 0 Å². The predicted molar refractivity (Wildman–Crippen MR) is 205 cm³/mol. The van der Waals surface area contributed by atoms with Crippen molar-refractivity contribution < 1.29 is 0 Å². The fourth-order valence-electron chi connectivity index (χ4n) is 7.78. The monoisotopic (exact) mass is 613 g/mol. The Hall–Kier alpha value is -5.92. The summed E-state index contributed by atoms with van der Waals surface area (Å²) < 4.78 is 0. The lowest BCUT2D eigenvalue weighted by molar-refractivity contribution is 0.661. The Morgan fingerprint density at radius 1 is 0.375 bits per heavy atom. The summed E-state index contributed by atoms with van der Waals surface area (Å²) in [5.41, 5.74) is 13.6. The van der Waals surface area contributed by atoms with E-state index in [2.05, 4.69) is 195 Å². The van der Waals surface area contributed by atoms with Gasteiger partial charge in [-0.2, -0.15) is 0 Å². The summed E-state index contributed by atoms with van der Waals surface area (Å²) in [5, 5.41) is 5.05. The Morgan fingerprint density at radius 2 is 1.00 bits per heavy atom. The molecule has 228 valence electrons. The van der Waals surface area contributed by atoms with Crippen LogP contribution in [0.3, 0.4) is 0 Å². The highest BCUT2D eigenvalue weighted by Gasteiger charge is 2.36. The average Bonchev–Trinajstić information content (AvgIpc) is 3.37. The average molecular weight is 614 g/mol. The predicted octanol–water partition coefficient (Wildman–Crippen LogP) is 13.1. The van der Waals surface area contributed by atoms with Gasteiger partial charge < -0.3 is 4.90 Å². The topological polar surface area (TPSA) is 3.24 Å². The van der Waals surface area contributed by atoms with E-state index in [1.807, 2.05) is 0 Å². The van der Waals surface area contributed by atoms with Crippen LogP contribution in [0.2, 0.25) is 0 Å². The van der Waals surface area contributed by atoms with Crippen LogP contribution in [0.15, 0.2) is 176 Å². The highest BCUT2D eigenvalue weighted by molar-refractivity contribution is 6.16. The summed E-state index contributed by atoms with van der Waals surface area (Å²) in [7, 11) is 0. The van der Waals surface area contributed by atoms with Crippen LogP contribution >= 0.6 is 0 Å². The van der Waals surface area contributed by atoms with Gasteiger partial charge in [-0.05, 0) is 103 Å². The summed E-state index contributed by atoms with van der Waals surface area (Å²) >= 11 is 0. The second-order valence-corrected chi connectivity index (χ2v) is 13.4. The minimum Gasteiger partial charge on any atom is -0.310 e. The van der Waals surface area contributed by atoms with Crippen molar-refractivity contribution in [1.82, 2.24) is 0 Å². The van der Waals surface area contributed by atoms with Crippen LogP contribution in [0.25, 0.3) is 54.9 Å². The molecule has 0 atom stereocenters. The number of anilines is 3. The molecule has 0 saturated carbocycles. The summed E-state index contributed by atoms with van der Waals surface area (Å²) in [6.07, 6.45) is 0. The van der Waals surface area contributed by atoms with Crippen LogP contribution in [0.5, 0.6) is 0 Å². The molecule has 8 aromatic carbocycles. The van der Waals surface area contributed by atoms with Gasteiger partial charge in [-0.1, -0.05) is 147 Å². The molecule has 0 bridgehead atoms. The lowest BCUT2D eigenvalue weighted by atomic mass is 9.81. The first-order valence-electron chi connectivity index (χ1n) is 16.8. The molecule has 0 heterocycles. The van der Waals surface area contributed by atoms with E-state index in [4.69, 9.17) is 0 Å². The number of hydrogen-bond acceptors (Lipinski definition) is 1. The second-order valence-electron chi connectivity index (χ2n) is 13.4.